The van der Waals surface area contributed by atoms with Crippen molar-refractivity contribution in [2.24, 2.45) is 5.92 Å². The molecule has 1 fully saturated rings. The monoisotopic (exact) mass is 247 g/mol. The number of piperidine rings is 1. The van der Waals surface area contributed by atoms with Gasteiger partial charge < -0.3 is 10.0 Å². The molecule has 98 valence electrons. The first kappa shape index (κ1) is 13.1. The standard InChI is InChI=1S/C15H21NO2/c1-12-11-16(10-8-15(17)18)9-7-14(12)13-5-3-2-4-6-13/h2-6,12,14H,7-11H2,1H3,(H,17,18)/t12-,14-/m1/s1. The fourth-order valence-corrected chi connectivity index (χ4v) is 2.88. The Hall–Kier alpha value is -1.35. The van der Waals surface area contributed by atoms with Crippen LogP contribution in [0.15, 0.2) is 30.3 Å². The summed E-state index contributed by atoms with van der Waals surface area (Å²) in [5, 5.41) is 8.71. The van der Waals surface area contributed by atoms with Crippen LogP contribution in [0.25, 0.3) is 0 Å². The first-order valence-corrected chi connectivity index (χ1v) is 6.66. The van der Waals surface area contributed by atoms with E-state index in [1.54, 1.807) is 0 Å². The maximum Gasteiger partial charge on any atom is 0.304 e. The van der Waals surface area contributed by atoms with Gasteiger partial charge in [-0.2, -0.15) is 0 Å². The second-order valence-corrected chi connectivity index (χ2v) is 5.23. The molecule has 1 N–H and O–H groups in total. The van der Waals surface area contributed by atoms with Crippen molar-refractivity contribution < 1.29 is 9.90 Å². The topological polar surface area (TPSA) is 40.5 Å². The molecule has 1 aliphatic heterocycles. The third-order valence-electron chi connectivity index (χ3n) is 3.86. The summed E-state index contributed by atoms with van der Waals surface area (Å²) in [5.74, 6) is 0.509. The lowest BCUT2D eigenvalue weighted by molar-refractivity contribution is -0.137. The molecule has 0 radical (unpaired) electrons. The van der Waals surface area contributed by atoms with Gasteiger partial charge in [0.25, 0.3) is 0 Å². The molecule has 1 heterocycles. The first-order valence-electron chi connectivity index (χ1n) is 6.66. The summed E-state index contributed by atoms with van der Waals surface area (Å²) >= 11 is 0. The number of likely N-dealkylation sites (tertiary alicyclic amines) is 1. The Morgan fingerprint density at radius 3 is 2.72 bits per heavy atom. The molecule has 1 aromatic rings. The second-order valence-electron chi connectivity index (χ2n) is 5.23. The molecule has 1 saturated heterocycles. The molecule has 1 aromatic carbocycles. The van der Waals surface area contributed by atoms with E-state index in [1.165, 1.54) is 5.56 Å². The summed E-state index contributed by atoms with van der Waals surface area (Å²) in [6, 6.07) is 10.6. The Kier molecular flexibility index (Phi) is 4.37. The minimum absolute atomic E-state index is 0.253. The highest BCUT2D eigenvalue weighted by atomic mass is 16.4. The van der Waals surface area contributed by atoms with Gasteiger partial charge in [-0.25, -0.2) is 0 Å². The molecule has 2 rings (SSSR count). The average Bonchev–Trinajstić information content (AvgIpc) is 2.37. The number of carboxylic acids is 1. The highest BCUT2D eigenvalue weighted by molar-refractivity contribution is 5.66. The average molecular weight is 247 g/mol. The number of nitrogens with zero attached hydrogens (tertiary/aromatic N) is 1. The van der Waals surface area contributed by atoms with E-state index in [2.05, 4.69) is 42.2 Å². The summed E-state index contributed by atoms with van der Waals surface area (Å²) in [7, 11) is 0. The van der Waals surface area contributed by atoms with Crippen LogP contribution in [0.1, 0.15) is 31.2 Å². The minimum Gasteiger partial charge on any atom is -0.481 e. The van der Waals surface area contributed by atoms with Crippen molar-refractivity contribution in [2.75, 3.05) is 19.6 Å². The van der Waals surface area contributed by atoms with E-state index in [4.69, 9.17) is 5.11 Å². The van der Waals surface area contributed by atoms with Gasteiger partial charge in [-0.15, -0.1) is 0 Å². The van der Waals surface area contributed by atoms with E-state index in [0.29, 0.717) is 18.4 Å². The molecule has 2 atom stereocenters. The molecule has 0 unspecified atom stereocenters. The quantitative estimate of drug-likeness (QED) is 0.889. The molecule has 0 amide bonds. The first-order chi connectivity index (χ1) is 8.66. The maximum absolute atomic E-state index is 10.6. The number of hydrogen-bond donors (Lipinski definition) is 1. The molecular formula is C15H21NO2. The Balaban J connectivity index is 1.91. The third kappa shape index (κ3) is 3.33. The Morgan fingerprint density at radius 2 is 2.11 bits per heavy atom. The van der Waals surface area contributed by atoms with Crippen LogP contribution < -0.4 is 0 Å². The number of benzene rings is 1. The van der Waals surface area contributed by atoms with E-state index in [0.717, 1.165) is 19.5 Å². The molecule has 1 aliphatic rings. The molecule has 0 saturated carbocycles. The normalized spacial score (nSPS) is 24.9. The van der Waals surface area contributed by atoms with Crippen LogP contribution >= 0.6 is 0 Å². The molecule has 0 aromatic heterocycles. The Morgan fingerprint density at radius 1 is 1.39 bits per heavy atom. The third-order valence-corrected chi connectivity index (χ3v) is 3.86. The van der Waals surface area contributed by atoms with Crippen LogP contribution in [0.2, 0.25) is 0 Å². The smallest absolute Gasteiger partial charge is 0.304 e. The summed E-state index contributed by atoms with van der Waals surface area (Å²) in [6.07, 6.45) is 1.38. The van der Waals surface area contributed by atoms with Crippen molar-refractivity contribution >= 4 is 5.97 Å². The summed E-state index contributed by atoms with van der Waals surface area (Å²) in [5.41, 5.74) is 1.42. The van der Waals surface area contributed by atoms with E-state index in [1.807, 2.05) is 0 Å². The summed E-state index contributed by atoms with van der Waals surface area (Å²) in [6.45, 7) is 4.97. The number of hydrogen-bond acceptors (Lipinski definition) is 2. The number of rotatable bonds is 4. The van der Waals surface area contributed by atoms with Gasteiger partial charge in [0.15, 0.2) is 0 Å². The van der Waals surface area contributed by atoms with E-state index in [9.17, 15) is 4.79 Å². The van der Waals surface area contributed by atoms with Gasteiger partial charge in [0.2, 0.25) is 0 Å². The Bertz CT molecular complexity index is 391. The Labute approximate surface area is 108 Å². The van der Waals surface area contributed by atoms with Crippen LogP contribution in [0.3, 0.4) is 0 Å². The van der Waals surface area contributed by atoms with Crippen molar-refractivity contribution in [3.8, 4) is 0 Å². The maximum atomic E-state index is 10.6. The zero-order valence-corrected chi connectivity index (χ0v) is 10.9. The van der Waals surface area contributed by atoms with E-state index >= 15 is 0 Å². The minimum atomic E-state index is -0.701. The van der Waals surface area contributed by atoms with Gasteiger partial charge in [0.1, 0.15) is 0 Å². The number of aliphatic carboxylic acids is 1. The number of carboxylic acid groups (broad SMARTS) is 1. The highest BCUT2D eigenvalue weighted by Crippen LogP contribution is 2.32. The van der Waals surface area contributed by atoms with Crippen molar-refractivity contribution in [1.82, 2.24) is 4.90 Å². The fraction of sp³-hybridized carbons (Fsp3) is 0.533. The predicted octanol–water partition coefficient (Wildman–Crippen LogP) is 2.59. The zero-order chi connectivity index (χ0) is 13.0. The van der Waals surface area contributed by atoms with Gasteiger partial charge in [0, 0.05) is 13.1 Å². The number of carbonyl (C=O) groups is 1. The molecule has 0 spiro atoms. The lowest BCUT2D eigenvalue weighted by Crippen LogP contribution is -2.39. The van der Waals surface area contributed by atoms with Gasteiger partial charge in [0.05, 0.1) is 6.42 Å². The van der Waals surface area contributed by atoms with Crippen molar-refractivity contribution in [2.45, 2.75) is 25.7 Å². The van der Waals surface area contributed by atoms with Gasteiger partial charge in [-0.3, -0.25) is 4.79 Å². The van der Waals surface area contributed by atoms with E-state index in [-0.39, 0.29) is 6.42 Å². The zero-order valence-electron chi connectivity index (χ0n) is 10.9. The van der Waals surface area contributed by atoms with Crippen LogP contribution in [0.4, 0.5) is 0 Å². The molecule has 0 bridgehead atoms. The highest BCUT2D eigenvalue weighted by Gasteiger charge is 2.26. The summed E-state index contributed by atoms with van der Waals surface area (Å²) < 4.78 is 0. The molecule has 18 heavy (non-hydrogen) atoms. The fourth-order valence-electron chi connectivity index (χ4n) is 2.88. The van der Waals surface area contributed by atoms with Gasteiger partial charge in [-0.05, 0) is 30.4 Å². The SMILES string of the molecule is C[C@@H]1CN(CCC(=O)O)CC[C@H]1c1ccccc1. The molecule has 3 nitrogen and oxygen atoms in total. The predicted molar refractivity (Wildman–Crippen MR) is 71.7 cm³/mol. The molecule has 3 heteroatoms. The van der Waals surface area contributed by atoms with Gasteiger partial charge >= 0.3 is 5.97 Å². The van der Waals surface area contributed by atoms with Crippen LogP contribution in [0.5, 0.6) is 0 Å². The largest absolute Gasteiger partial charge is 0.481 e. The van der Waals surface area contributed by atoms with Crippen molar-refractivity contribution in [3.05, 3.63) is 35.9 Å². The van der Waals surface area contributed by atoms with Crippen molar-refractivity contribution in [1.29, 1.82) is 0 Å². The lowest BCUT2D eigenvalue weighted by atomic mass is 9.81. The lowest BCUT2D eigenvalue weighted by Gasteiger charge is -2.37. The second kappa shape index (κ2) is 6.01. The van der Waals surface area contributed by atoms with Crippen LogP contribution in [-0.4, -0.2) is 35.6 Å². The van der Waals surface area contributed by atoms with Crippen molar-refractivity contribution in [3.63, 3.8) is 0 Å². The van der Waals surface area contributed by atoms with Gasteiger partial charge in [-0.1, -0.05) is 37.3 Å². The summed E-state index contributed by atoms with van der Waals surface area (Å²) in [4.78, 5) is 12.9. The van der Waals surface area contributed by atoms with Crippen LogP contribution in [0, 0.1) is 5.92 Å². The molecular weight excluding hydrogens is 226 g/mol. The molecule has 0 aliphatic carbocycles. The van der Waals surface area contributed by atoms with Crippen LogP contribution in [-0.2, 0) is 4.79 Å². The van der Waals surface area contributed by atoms with E-state index < -0.39 is 5.97 Å².